The molecule has 72 valence electrons. The number of hydrogen-bond donors (Lipinski definition) is 2. The van der Waals surface area contributed by atoms with E-state index >= 15 is 0 Å². The number of hydrogen-bond acceptors (Lipinski definition) is 2. The summed E-state index contributed by atoms with van der Waals surface area (Å²) in [5, 5.41) is 4.76. The fraction of sp³-hybridized carbons (Fsp3) is 0.100. The lowest BCUT2D eigenvalue weighted by Crippen LogP contribution is -2.10. The Kier molecular flexibility index (Phi) is 2.10. The molecular formula is C10H10N2O2. The van der Waals surface area contributed by atoms with Gasteiger partial charge >= 0.3 is 6.09 Å². The number of anilines is 1. The molecule has 1 amide bonds. The summed E-state index contributed by atoms with van der Waals surface area (Å²) in [6, 6.07) is 5.63. The monoisotopic (exact) mass is 190 g/mol. The molecule has 2 N–H and O–H groups in total. The molecule has 0 aliphatic heterocycles. The van der Waals surface area contributed by atoms with E-state index in [4.69, 9.17) is 0 Å². The molecule has 1 aromatic heterocycles. The lowest BCUT2D eigenvalue weighted by Gasteiger charge is -2.02. The second-order valence-corrected chi connectivity index (χ2v) is 2.92. The minimum atomic E-state index is -0.458. The first-order valence-corrected chi connectivity index (χ1v) is 4.21. The number of H-pyrrole nitrogens is 1. The maximum absolute atomic E-state index is 10.9. The second kappa shape index (κ2) is 3.41. The fourth-order valence-electron chi connectivity index (χ4n) is 1.30. The summed E-state index contributed by atoms with van der Waals surface area (Å²) in [7, 11) is 1.34. The number of aromatic nitrogens is 1. The average Bonchev–Trinajstić information content (AvgIpc) is 2.64. The largest absolute Gasteiger partial charge is 0.453 e. The maximum Gasteiger partial charge on any atom is 0.411 e. The number of amides is 1. The number of ether oxygens (including phenoxy) is 1. The van der Waals surface area contributed by atoms with Gasteiger partial charge in [-0.25, -0.2) is 4.79 Å². The standard InChI is InChI=1S/C10H10N2O2/c1-14-10(13)12-9-3-2-7-5-11-6-8(7)4-9/h2-6,11H,1H3,(H,12,13). The zero-order valence-corrected chi connectivity index (χ0v) is 7.70. The van der Waals surface area contributed by atoms with E-state index in [1.54, 1.807) is 0 Å². The normalized spacial score (nSPS) is 10.1. The highest BCUT2D eigenvalue weighted by Crippen LogP contribution is 2.18. The summed E-state index contributed by atoms with van der Waals surface area (Å²) in [6.45, 7) is 0. The Morgan fingerprint density at radius 3 is 2.93 bits per heavy atom. The van der Waals surface area contributed by atoms with Crippen molar-refractivity contribution in [3.63, 3.8) is 0 Å². The molecule has 0 bridgehead atoms. The van der Waals surface area contributed by atoms with E-state index in [-0.39, 0.29) is 0 Å². The van der Waals surface area contributed by atoms with E-state index in [1.807, 2.05) is 30.6 Å². The smallest absolute Gasteiger partial charge is 0.411 e. The highest BCUT2D eigenvalue weighted by Gasteiger charge is 2.01. The van der Waals surface area contributed by atoms with Gasteiger partial charge in [0, 0.05) is 23.5 Å². The van der Waals surface area contributed by atoms with E-state index < -0.39 is 6.09 Å². The third-order valence-corrected chi connectivity index (χ3v) is 2.00. The average molecular weight is 190 g/mol. The highest BCUT2D eigenvalue weighted by molar-refractivity contribution is 5.90. The van der Waals surface area contributed by atoms with Gasteiger partial charge in [0.05, 0.1) is 7.11 Å². The van der Waals surface area contributed by atoms with E-state index in [1.165, 1.54) is 7.11 Å². The Balaban J connectivity index is 2.30. The van der Waals surface area contributed by atoms with Crippen LogP contribution in [0.3, 0.4) is 0 Å². The summed E-state index contributed by atoms with van der Waals surface area (Å²) < 4.78 is 4.49. The van der Waals surface area contributed by atoms with Crippen LogP contribution < -0.4 is 5.32 Å². The summed E-state index contributed by atoms with van der Waals surface area (Å²) in [4.78, 5) is 13.9. The van der Waals surface area contributed by atoms with Gasteiger partial charge in [0.1, 0.15) is 0 Å². The summed E-state index contributed by atoms with van der Waals surface area (Å²) >= 11 is 0. The number of rotatable bonds is 1. The molecule has 0 unspecified atom stereocenters. The molecule has 0 aliphatic rings. The zero-order valence-electron chi connectivity index (χ0n) is 7.70. The molecule has 0 saturated heterocycles. The molecular weight excluding hydrogens is 180 g/mol. The van der Waals surface area contributed by atoms with Crippen LogP contribution in [0.25, 0.3) is 10.8 Å². The van der Waals surface area contributed by atoms with Crippen molar-refractivity contribution < 1.29 is 9.53 Å². The lowest BCUT2D eigenvalue weighted by molar-refractivity contribution is 0.187. The molecule has 0 spiro atoms. The molecule has 2 rings (SSSR count). The number of carbonyl (C=O) groups excluding carboxylic acids is 1. The van der Waals surface area contributed by atoms with Gasteiger partial charge in [0.25, 0.3) is 0 Å². The van der Waals surface area contributed by atoms with Crippen molar-refractivity contribution in [2.24, 2.45) is 0 Å². The van der Waals surface area contributed by atoms with Crippen LogP contribution >= 0.6 is 0 Å². The number of benzene rings is 1. The van der Waals surface area contributed by atoms with Crippen LogP contribution in [0.5, 0.6) is 0 Å². The van der Waals surface area contributed by atoms with Gasteiger partial charge in [0.15, 0.2) is 0 Å². The molecule has 1 heterocycles. The molecule has 0 fully saturated rings. The van der Waals surface area contributed by atoms with Gasteiger partial charge in [-0.1, -0.05) is 6.07 Å². The molecule has 0 atom stereocenters. The third kappa shape index (κ3) is 1.54. The molecule has 1 aromatic carbocycles. The van der Waals surface area contributed by atoms with Crippen molar-refractivity contribution in [2.45, 2.75) is 0 Å². The molecule has 2 aromatic rings. The second-order valence-electron chi connectivity index (χ2n) is 2.92. The maximum atomic E-state index is 10.9. The van der Waals surface area contributed by atoms with Gasteiger partial charge in [-0.15, -0.1) is 0 Å². The topological polar surface area (TPSA) is 54.1 Å². The van der Waals surface area contributed by atoms with Crippen molar-refractivity contribution in [2.75, 3.05) is 12.4 Å². The first-order chi connectivity index (χ1) is 6.79. The number of carbonyl (C=O) groups is 1. The number of aromatic amines is 1. The van der Waals surface area contributed by atoms with Crippen LogP contribution in [0, 0.1) is 0 Å². The molecule has 0 saturated carbocycles. The Bertz CT molecular complexity index is 462. The Morgan fingerprint density at radius 2 is 2.14 bits per heavy atom. The van der Waals surface area contributed by atoms with Gasteiger partial charge in [-0.2, -0.15) is 0 Å². The van der Waals surface area contributed by atoms with Crippen molar-refractivity contribution in [3.8, 4) is 0 Å². The van der Waals surface area contributed by atoms with Gasteiger partial charge in [-0.3, -0.25) is 5.32 Å². The third-order valence-electron chi connectivity index (χ3n) is 2.00. The molecule has 4 nitrogen and oxygen atoms in total. The number of nitrogens with one attached hydrogen (secondary N) is 2. The summed E-state index contributed by atoms with van der Waals surface area (Å²) in [5.41, 5.74) is 0.726. The van der Waals surface area contributed by atoms with Crippen LogP contribution in [0.4, 0.5) is 10.5 Å². The minimum absolute atomic E-state index is 0.458. The predicted molar refractivity (Wildman–Crippen MR) is 54.3 cm³/mol. The van der Waals surface area contributed by atoms with Crippen molar-refractivity contribution in [3.05, 3.63) is 30.6 Å². The van der Waals surface area contributed by atoms with E-state index in [2.05, 4.69) is 15.0 Å². The van der Waals surface area contributed by atoms with Gasteiger partial charge in [-0.05, 0) is 17.5 Å². The quantitative estimate of drug-likeness (QED) is 0.725. The Morgan fingerprint density at radius 1 is 1.36 bits per heavy atom. The van der Waals surface area contributed by atoms with Crippen LogP contribution in [0.15, 0.2) is 30.6 Å². The molecule has 0 radical (unpaired) electrons. The van der Waals surface area contributed by atoms with E-state index in [9.17, 15) is 4.79 Å². The minimum Gasteiger partial charge on any atom is -0.453 e. The van der Waals surface area contributed by atoms with Crippen molar-refractivity contribution in [1.29, 1.82) is 0 Å². The Labute approximate surface area is 80.9 Å². The van der Waals surface area contributed by atoms with Crippen LogP contribution in [-0.4, -0.2) is 18.2 Å². The fourth-order valence-corrected chi connectivity index (χ4v) is 1.30. The van der Waals surface area contributed by atoms with Gasteiger partial charge in [0.2, 0.25) is 0 Å². The van der Waals surface area contributed by atoms with Crippen LogP contribution in [0.2, 0.25) is 0 Å². The highest BCUT2D eigenvalue weighted by atomic mass is 16.5. The first-order valence-electron chi connectivity index (χ1n) is 4.21. The zero-order chi connectivity index (χ0) is 9.97. The van der Waals surface area contributed by atoms with E-state index in [0.29, 0.717) is 0 Å². The number of fused-ring (bicyclic) bond motifs is 1. The lowest BCUT2D eigenvalue weighted by atomic mass is 10.2. The molecule has 0 aliphatic carbocycles. The summed E-state index contributed by atoms with van der Waals surface area (Å²) in [5.74, 6) is 0. The predicted octanol–water partition coefficient (Wildman–Crippen LogP) is 2.35. The molecule has 4 heteroatoms. The first kappa shape index (κ1) is 8.62. The van der Waals surface area contributed by atoms with Crippen LogP contribution in [0.1, 0.15) is 0 Å². The van der Waals surface area contributed by atoms with Gasteiger partial charge < -0.3 is 9.72 Å². The van der Waals surface area contributed by atoms with Crippen molar-refractivity contribution in [1.82, 2.24) is 4.98 Å². The number of methoxy groups -OCH3 is 1. The van der Waals surface area contributed by atoms with E-state index in [0.717, 1.165) is 16.5 Å². The Hall–Kier alpha value is -1.97. The molecule has 14 heavy (non-hydrogen) atoms. The van der Waals surface area contributed by atoms with Crippen molar-refractivity contribution >= 4 is 22.6 Å². The summed E-state index contributed by atoms with van der Waals surface area (Å²) in [6.07, 6.45) is 3.31. The SMILES string of the molecule is COC(=O)Nc1ccc2c[nH]cc2c1. The van der Waals surface area contributed by atoms with Crippen LogP contribution in [-0.2, 0) is 4.74 Å².